The molecule has 2 heterocycles. The molecule has 1 atom stereocenters. The Morgan fingerprint density at radius 1 is 1.46 bits per heavy atom. The summed E-state index contributed by atoms with van der Waals surface area (Å²) in [6, 6.07) is 2.52. The number of likely N-dealkylation sites (tertiary alicyclic amines) is 1. The molecule has 1 unspecified atom stereocenters. The van der Waals surface area contributed by atoms with Gasteiger partial charge in [-0.05, 0) is 38.4 Å². The van der Waals surface area contributed by atoms with Gasteiger partial charge in [0.15, 0.2) is 0 Å². The van der Waals surface area contributed by atoms with Crippen molar-refractivity contribution in [2.75, 3.05) is 27.2 Å². The van der Waals surface area contributed by atoms with Crippen LogP contribution in [-0.4, -0.2) is 59.4 Å². The minimum atomic E-state index is 0.0836. The molecule has 6 nitrogen and oxygen atoms in total. The number of rotatable bonds is 3. The Balaban J connectivity index is 0. The summed E-state index contributed by atoms with van der Waals surface area (Å²) in [6.45, 7) is 14.1. The van der Waals surface area contributed by atoms with E-state index in [0.717, 1.165) is 38.7 Å². The molecule has 1 aromatic rings. The zero-order valence-electron chi connectivity index (χ0n) is 16.8. The maximum atomic E-state index is 10.6. The lowest BCUT2D eigenvalue weighted by molar-refractivity contribution is -0.119. The number of H-pyrrole nitrogens is 1. The van der Waals surface area contributed by atoms with Crippen molar-refractivity contribution >= 4 is 5.91 Å². The molecule has 2 rings (SSSR count). The van der Waals surface area contributed by atoms with Gasteiger partial charge in [0.2, 0.25) is 5.91 Å². The minimum absolute atomic E-state index is 0.0836. The van der Waals surface area contributed by atoms with Crippen molar-refractivity contribution in [3.8, 4) is 0 Å². The number of nitrogens with zero attached hydrogens (tertiary/aromatic N) is 2. The molecule has 1 fully saturated rings. The van der Waals surface area contributed by atoms with Crippen LogP contribution in [0.1, 0.15) is 65.3 Å². The first-order valence-electron chi connectivity index (χ1n) is 8.86. The van der Waals surface area contributed by atoms with E-state index in [-0.39, 0.29) is 5.91 Å². The topological polar surface area (TPSA) is 81.2 Å². The van der Waals surface area contributed by atoms with E-state index in [1.807, 2.05) is 13.8 Å². The van der Waals surface area contributed by atoms with E-state index in [9.17, 15) is 4.79 Å². The lowest BCUT2D eigenvalue weighted by Crippen LogP contribution is -2.34. The summed E-state index contributed by atoms with van der Waals surface area (Å²) < 4.78 is 0. The van der Waals surface area contributed by atoms with Crippen molar-refractivity contribution in [2.45, 2.75) is 66.3 Å². The molecule has 1 aliphatic rings. The lowest BCUT2D eigenvalue weighted by atomic mass is 10.1. The van der Waals surface area contributed by atoms with Gasteiger partial charge in [0.1, 0.15) is 0 Å². The summed E-state index contributed by atoms with van der Waals surface area (Å²) in [4.78, 5) is 12.8. The van der Waals surface area contributed by atoms with Crippen LogP contribution >= 0.6 is 0 Å². The second-order valence-electron chi connectivity index (χ2n) is 5.77. The Morgan fingerprint density at radius 2 is 2.04 bits per heavy atom. The largest absolute Gasteiger partial charge is 0.400 e. The number of nitrogens with one attached hydrogen (secondary N) is 2. The average molecular weight is 343 g/mol. The molecule has 1 aliphatic heterocycles. The number of amides is 1. The lowest BCUT2D eigenvalue weighted by Gasteiger charge is -2.10. The highest BCUT2D eigenvalue weighted by atomic mass is 16.2. The fourth-order valence-electron chi connectivity index (χ4n) is 2.20. The number of carbonyl (C=O) groups is 1. The Morgan fingerprint density at radius 3 is 2.33 bits per heavy atom. The first-order chi connectivity index (χ1) is 11.4. The van der Waals surface area contributed by atoms with Gasteiger partial charge < -0.3 is 15.3 Å². The summed E-state index contributed by atoms with van der Waals surface area (Å²) in [5.74, 6) is 0.622. The van der Waals surface area contributed by atoms with Gasteiger partial charge in [-0.1, -0.05) is 34.6 Å². The van der Waals surface area contributed by atoms with E-state index in [2.05, 4.69) is 54.3 Å². The molecule has 0 radical (unpaired) electrons. The molecule has 3 N–H and O–H groups in total. The Hall–Kier alpha value is -1.40. The Kier molecular flexibility index (Phi) is 15.7. The fraction of sp³-hybridized carbons (Fsp3) is 0.778. The minimum Gasteiger partial charge on any atom is -0.400 e. The molecule has 0 aliphatic carbocycles. The van der Waals surface area contributed by atoms with E-state index in [4.69, 9.17) is 5.11 Å². The van der Waals surface area contributed by atoms with Crippen molar-refractivity contribution in [1.29, 1.82) is 0 Å². The standard InChI is InChI=1S/C8H14N2.C7H14N2O.C2H6.CH4O/c1-4-7-5-8(6(2)3)10-9-7;1-6(10)8-7-3-4-9(2)5-7;2*1-2/h5-6H,4H2,1-3H3,(H,9,10);7H,3-5H2,1-2H3,(H,8,10);1-2H3;2H,1H3. The fourth-order valence-corrected chi connectivity index (χ4v) is 2.20. The van der Waals surface area contributed by atoms with Crippen LogP contribution in [-0.2, 0) is 11.2 Å². The molecule has 0 bridgehead atoms. The number of aryl methyl sites for hydroxylation is 1. The van der Waals surface area contributed by atoms with Crippen molar-refractivity contribution in [1.82, 2.24) is 20.4 Å². The molecular weight excluding hydrogens is 304 g/mol. The number of carbonyl (C=O) groups excluding carboxylic acids is 1. The van der Waals surface area contributed by atoms with Gasteiger partial charge >= 0.3 is 0 Å². The van der Waals surface area contributed by atoms with Crippen LogP contribution in [0.4, 0.5) is 0 Å². The van der Waals surface area contributed by atoms with Crippen LogP contribution in [0.3, 0.4) is 0 Å². The molecule has 1 aromatic heterocycles. The molecule has 24 heavy (non-hydrogen) atoms. The van der Waals surface area contributed by atoms with Crippen LogP contribution in [0.25, 0.3) is 0 Å². The maximum absolute atomic E-state index is 10.6. The quantitative estimate of drug-likeness (QED) is 0.788. The van der Waals surface area contributed by atoms with Gasteiger partial charge in [0, 0.05) is 32.3 Å². The number of aromatic nitrogens is 2. The number of aliphatic hydroxyl groups is 1. The number of hydrogen-bond acceptors (Lipinski definition) is 4. The highest BCUT2D eigenvalue weighted by Crippen LogP contribution is 2.11. The number of aliphatic hydroxyl groups excluding tert-OH is 1. The van der Waals surface area contributed by atoms with E-state index in [1.54, 1.807) is 6.92 Å². The van der Waals surface area contributed by atoms with Crippen LogP contribution in [0, 0.1) is 0 Å². The average Bonchev–Trinajstić information content (AvgIpc) is 3.20. The van der Waals surface area contributed by atoms with Gasteiger partial charge in [0.25, 0.3) is 0 Å². The third kappa shape index (κ3) is 11.2. The number of likely N-dealkylation sites (N-methyl/N-ethyl adjacent to an activating group) is 1. The summed E-state index contributed by atoms with van der Waals surface area (Å²) >= 11 is 0. The predicted molar refractivity (Wildman–Crippen MR) is 101 cm³/mol. The first kappa shape index (κ1) is 24.8. The molecule has 0 spiro atoms. The highest BCUT2D eigenvalue weighted by molar-refractivity contribution is 5.73. The normalized spacial score (nSPS) is 16.2. The van der Waals surface area contributed by atoms with E-state index in [1.165, 1.54) is 5.69 Å². The van der Waals surface area contributed by atoms with E-state index >= 15 is 0 Å². The number of aromatic amines is 1. The molecule has 6 heteroatoms. The van der Waals surface area contributed by atoms with Crippen molar-refractivity contribution in [2.24, 2.45) is 0 Å². The molecule has 1 saturated heterocycles. The smallest absolute Gasteiger partial charge is 0.217 e. The van der Waals surface area contributed by atoms with E-state index in [0.29, 0.717) is 12.0 Å². The predicted octanol–water partition coefficient (Wildman–Crippen LogP) is 2.56. The zero-order valence-corrected chi connectivity index (χ0v) is 16.8. The van der Waals surface area contributed by atoms with Crippen LogP contribution in [0.15, 0.2) is 6.07 Å². The van der Waals surface area contributed by atoms with Crippen LogP contribution < -0.4 is 5.32 Å². The second-order valence-corrected chi connectivity index (χ2v) is 5.77. The number of hydrogen-bond donors (Lipinski definition) is 3. The maximum Gasteiger partial charge on any atom is 0.217 e. The summed E-state index contributed by atoms with van der Waals surface area (Å²) in [5.41, 5.74) is 2.39. The molecule has 1 amide bonds. The SMILES string of the molecule is CC.CC(=O)NC1CCN(C)C1.CCc1cc(C(C)C)n[nH]1.CO. The second kappa shape index (κ2) is 15.1. The van der Waals surface area contributed by atoms with Crippen molar-refractivity contribution in [3.63, 3.8) is 0 Å². The van der Waals surface area contributed by atoms with Crippen molar-refractivity contribution < 1.29 is 9.90 Å². The molecular formula is C18H38N4O2. The van der Waals surface area contributed by atoms with E-state index < -0.39 is 0 Å². The van der Waals surface area contributed by atoms with Gasteiger partial charge in [0.05, 0.1) is 5.69 Å². The third-order valence-corrected chi connectivity index (χ3v) is 3.42. The van der Waals surface area contributed by atoms with Crippen LogP contribution in [0.5, 0.6) is 0 Å². The molecule has 0 saturated carbocycles. The van der Waals surface area contributed by atoms with Gasteiger partial charge in [-0.15, -0.1) is 0 Å². The van der Waals surface area contributed by atoms with Crippen molar-refractivity contribution in [3.05, 3.63) is 17.5 Å². The summed E-state index contributed by atoms with van der Waals surface area (Å²) in [6.07, 6.45) is 2.13. The third-order valence-electron chi connectivity index (χ3n) is 3.42. The summed E-state index contributed by atoms with van der Waals surface area (Å²) in [5, 5.41) is 17.0. The highest BCUT2D eigenvalue weighted by Gasteiger charge is 2.19. The Bertz CT molecular complexity index is 419. The Labute approximate surface area is 148 Å². The summed E-state index contributed by atoms with van der Waals surface area (Å²) in [7, 11) is 3.07. The zero-order chi connectivity index (χ0) is 19.1. The van der Waals surface area contributed by atoms with Gasteiger partial charge in [-0.2, -0.15) is 5.10 Å². The van der Waals surface area contributed by atoms with Gasteiger partial charge in [-0.25, -0.2) is 0 Å². The molecule has 0 aromatic carbocycles. The first-order valence-corrected chi connectivity index (χ1v) is 8.86. The molecule has 142 valence electrons. The van der Waals surface area contributed by atoms with Crippen LogP contribution in [0.2, 0.25) is 0 Å². The monoisotopic (exact) mass is 342 g/mol. The van der Waals surface area contributed by atoms with Gasteiger partial charge in [-0.3, -0.25) is 9.89 Å².